The molecule has 0 saturated heterocycles. The number of nitrogens with zero attached hydrogens (tertiary/aromatic N) is 2. The molecular weight excluding hydrogens is 275 g/mol. The lowest BCUT2D eigenvalue weighted by molar-refractivity contribution is -0.221. The van der Waals surface area contributed by atoms with Crippen molar-refractivity contribution in [3.63, 3.8) is 0 Å². The third kappa shape index (κ3) is 6.92. The molecule has 0 amide bonds. The minimum absolute atomic E-state index is 0.0226. The van der Waals surface area contributed by atoms with Crippen LogP contribution in [0.1, 0.15) is 6.92 Å². The van der Waals surface area contributed by atoms with E-state index in [0.717, 1.165) is 6.66 Å². The van der Waals surface area contributed by atoms with Gasteiger partial charge in [-0.3, -0.25) is 4.57 Å². The predicted octanol–water partition coefficient (Wildman–Crippen LogP) is 0.419. The van der Waals surface area contributed by atoms with Gasteiger partial charge in [0.1, 0.15) is 5.82 Å². The molecule has 108 valence electrons. The Kier molecular flexibility index (Phi) is 5.49. The molecule has 2 atom stereocenters. The van der Waals surface area contributed by atoms with Crippen molar-refractivity contribution in [1.29, 1.82) is 0 Å². The Bertz CT molecular complexity index is 446. The van der Waals surface area contributed by atoms with Crippen LogP contribution in [-0.4, -0.2) is 34.7 Å². The van der Waals surface area contributed by atoms with Crippen molar-refractivity contribution in [2.45, 2.75) is 6.92 Å². The van der Waals surface area contributed by atoms with E-state index in [1.54, 1.807) is 6.92 Å². The largest absolute Gasteiger partial charge is 0.477 e. The number of nitrogens with two attached hydrogens (primary N) is 2. The lowest BCUT2D eigenvalue weighted by Crippen LogP contribution is -2.15. The normalized spacial score (nSPS) is 15.7. The van der Waals surface area contributed by atoms with Crippen LogP contribution in [0.5, 0.6) is 5.88 Å². The van der Waals surface area contributed by atoms with E-state index in [2.05, 4.69) is 19.5 Å². The minimum atomic E-state index is -3.63. The zero-order valence-electron chi connectivity index (χ0n) is 10.6. The van der Waals surface area contributed by atoms with Gasteiger partial charge >= 0.3 is 7.60 Å². The van der Waals surface area contributed by atoms with E-state index in [1.165, 1.54) is 6.07 Å². The summed E-state index contributed by atoms with van der Waals surface area (Å²) in [6, 6.07) is 1.44. The summed E-state index contributed by atoms with van der Waals surface area (Å²) in [7, 11) is -3.63. The second kappa shape index (κ2) is 6.67. The molecule has 5 N–H and O–H groups in total. The molecule has 1 aromatic rings. The van der Waals surface area contributed by atoms with Gasteiger partial charge in [-0.1, -0.05) is 6.92 Å². The third-order valence-corrected chi connectivity index (χ3v) is 2.18. The molecule has 0 aliphatic heterocycles. The highest BCUT2D eigenvalue weighted by molar-refractivity contribution is 7.51. The Labute approximate surface area is 110 Å². The highest BCUT2D eigenvalue weighted by Crippen LogP contribution is 2.36. The van der Waals surface area contributed by atoms with Crippen molar-refractivity contribution in [2.24, 2.45) is 5.92 Å². The number of rotatable bonds is 7. The van der Waals surface area contributed by atoms with Crippen LogP contribution >= 0.6 is 7.60 Å². The fourth-order valence-electron chi connectivity index (χ4n) is 1.06. The van der Waals surface area contributed by atoms with Gasteiger partial charge in [-0.25, -0.2) is 4.89 Å². The van der Waals surface area contributed by atoms with Crippen LogP contribution in [0.4, 0.5) is 11.8 Å². The first-order valence-electron chi connectivity index (χ1n) is 5.40. The Balaban J connectivity index is 2.33. The van der Waals surface area contributed by atoms with Crippen LogP contribution in [0, 0.1) is 5.92 Å². The lowest BCUT2D eigenvalue weighted by atomic mass is 10.2. The van der Waals surface area contributed by atoms with Crippen LogP contribution in [0.2, 0.25) is 0 Å². The van der Waals surface area contributed by atoms with Crippen molar-refractivity contribution in [2.75, 3.05) is 31.3 Å². The fourth-order valence-corrected chi connectivity index (χ4v) is 1.31. The van der Waals surface area contributed by atoms with Crippen molar-refractivity contribution >= 4 is 19.4 Å². The highest BCUT2D eigenvalue weighted by atomic mass is 31.2. The molecule has 9 nitrogen and oxygen atoms in total. The summed E-state index contributed by atoms with van der Waals surface area (Å²) < 4.78 is 20.4. The summed E-state index contributed by atoms with van der Waals surface area (Å²) >= 11 is 0. The quantitative estimate of drug-likeness (QED) is 0.370. The van der Waals surface area contributed by atoms with Gasteiger partial charge in [0, 0.05) is 18.6 Å². The highest BCUT2D eigenvalue weighted by Gasteiger charge is 2.13. The molecule has 0 spiro atoms. The van der Waals surface area contributed by atoms with E-state index >= 15 is 0 Å². The van der Waals surface area contributed by atoms with Gasteiger partial charge in [0.2, 0.25) is 11.8 Å². The van der Waals surface area contributed by atoms with Gasteiger partial charge in [-0.05, 0) is 0 Å². The van der Waals surface area contributed by atoms with E-state index in [4.69, 9.17) is 21.1 Å². The molecule has 1 rings (SSSR count). The maximum absolute atomic E-state index is 10.8. The Morgan fingerprint density at radius 3 is 2.68 bits per heavy atom. The third-order valence-electron chi connectivity index (χ3n) is 1.80. The molecule has 1 aromatic heterocycles. The predicted molar refractivity (Wildman–Crippen MR) is 68.3 cm³/mol. The molecule has 0 radical (unpaired) electrons. The molecule has 10 heteroatoms. The van der Waals surface area contributed by atoms with Crippen molar-refractivity contribution in [3.05, 3.63) is 6.07 Å². The molecule has 0 aliphatic rings. The molecule has 19 heavy (non-hydrogen) atoms. The first kappa shape index (κ1) is 15.6. The zero-order chi connectivity index (χ0) is 14.5. The van der Waals surface area contributed by atoms with Crippen molar-refractivity contribution < 1.29 is 23.8 Å². The van der Waals surface area contributed by atoms with Gasteiger partial charge in [-0.2, -0.15) is 9.97 Å². The monoisotopic (exact) mass is 292 g/mol. The van der Waals surface area contributed by atoms with Gasteiger partial charge in [0.15, 0.2) is 0 Å². The molecular formula is C9H17N4O5P. The maximum atomic E-state index is 10.8. The standard InChI is InChI=1S/C9H17N4O5P/c1-6(5-17-18-19(2,14)15)4-16-8-3-7(10)12-9(11)13-8/h3,6H,4-5H2,1-2H3,(H,14,15)(H4,10,11,12,13). The van der Waals surface area contributed by atoms with Gasteiger partial charge in [0.05, 0.1) is 13.2 Å². The summed E-state index contributed by atoms with van der Waals surface area (Å²) in [6.07, 6.45) is 0. The number of anilines is 2. The lowest BCUT2D eigenvalue weighted by Gasteiger charge is -2.13. The fraction of sp³-hybridized carbons (Fsp3) is 0.556. The minimum Gasteiger partial charge on any atom is -0.477 e. The van der Waals surface area contributed by atoms with Crippen molar-refractivity contribution in [1.82, 2.24) is 9.97 Å². The SMILES string of the molecule is CC(COOP(C)(=O)O)COc1cc(N)nc(N)n1. The molecule has 0 fully saturated rings. The van der Waals surface area contributed by atoms with E-state index in [0.29, 0.717) is 0 Å². The van der Waals surface area contributed by atoms with E-state index in [-0.39, 0.29) is 36.8 Å². The average molecular weight is 292 g/mol. The molecule has 2 unspecified atom stereocenters. The number of nitrogen functional groups attached to an aromatic ring is 2. The average Bonchev–Trinajstić information content (AvgIpc) is 2.23. The van der Waals surface area contributed by atoms with E-state index in [9.17, 15) is 4.57 Å². The van der Waals surface area contributed by atoms with Crippen LogP contribution < -0.4 is 16.2 Å². The van der Waals surface area contributed by atoms with E-state index in [1.807, 2.05) is 0 Å². The molecule has 0 bridgehead atoms. The van der Waals surface area contributed by atoms with Gasteiger partial charge in [0.25, 0.3) is 0 Å². The van der Waals surface area contributed by atoms with Gasteiger partial charge in [-0.15, -0.1) is 4.67 Å². The smallest absolute Gasteiger partial charge is 0.352 e. The number of hydrogen-bond acceptors (Lipinski definition) is 8. The van der Waals surface area contributed by atoms with E-state index < -0.39 is 7.60 Å². The van der Waals surface area contributed by atoms with Crippen LogP contribution in [0.15, 0.2) is 6.07 Å². The second-order valence-electron chi connectivity index (χ2n) is 4.07. The molecule has 0 saturated carbocycles. The van der Waals surface area contributed by atoms with Crippen LogP contribution in [0.25, 0.3) is 0 Å². The van der Waals surface area contributed by atoms with Crippen LogP contribution in [-0.2, 0) is 14.1 Å². The molecule has 0 aliphatic carbocycles. The first-order chi connectivity index (χ1) is 8.76. The summed E-state index contributed by atoms with van der Waals surface area (Å²) in [5, 5.41) is 0. The molecule has 1 heterocycles. The van der Waals surface area contributed by atoms with Crippen molar-refractivity contribution in [3.8, 4) is 5.88 Å². The zero-order valence-corrected chi connectivity index (χ0v) is 11.5. The summed E-state index contributed by atoms with van der Waals surface area (Å²) in [5.41, 5.74) is 10.9. The Morgan fingerprint density at radius 1 is 1.42 bits per heavy atom. The number of ether oxygens (including phenoxy) is 1. The molecule has 0 aromatic carbocycles. The number of aromatic nitrogens is 2. The maximum Gasteiger partial charge on any atom is 0.352 e. The first-order valence-corrected chi connectivity index (χ1v) is 7.43. The Hall–Kier alpha value is -1.41. The topological polar surface area (TPSA) is 143 Å². The summed E-state index contributed by atoms with van der Waals surface area (Å²) in [6.45, 7) is 3.17. The summed E-state index contributed by atoms with van der Waals surface area (Å²) in [5.74, 6) is 0.390. The Morgan fingerprint density at radius 2 is 2.11 bits per heavy atom. The summed E-state index contributed by atoms with van der Waals surface area (Å²) in [4.78, 5) is 21.0. The van der Waals surface area contributed by atoms with Gasteiger partial charge < -0.3 is 21.1 Å². The van der Waals surface area contributed by atoms with Crippen LogP contribution in [0.3, 0.4) is 0 Å². The second-order valence-corrected chi connectivity index (χ2v) is 5.82. The number of hydrogen-bond donors (Lipinski definition) is 3.